The lowest BCUT2D eigenvalue weighted by molar-refractivity contribution is 0.0978. The fraction of sp³-hybridized carbons (Fsp3) is 0.364. The molecule has 0 saturated heterocycles. The zero-order valence-electron chi connectivity index (χ0n) is 18.7. The summed E-state index contributed by atoms with van der Waals surface area (Å²) < 4.78 is 21.0. The minimum absolute atomic E-state index is 0.0529. The van der Waals surface area contributed by atoms with Crippen LogP contribution in [0.15, 0.2) is 46.1 Å². The lowest BCUT2D eigenvalue weighted by Crippen LogP contribution is -2.42. The number of H-pyrrole nitrogens is 1. The average Bonchev–Trinajstić information content (AvgIpc) is 3.25. The summed E-state index contributed by atoms with van der Waals surface area (Å²) >= 11 is 0. The van der Waals surface area contributed by atoms with Crippen LogP contribution in [0.5, 0.6) is 0 Å². The van der Waals surface area contributed by atoms with Gasteiger partial charge in [0, 0.05) is 33.0 Å². The molecular formula is C22H27FN6O4. The topological polar surface area (TPSA) is 128 Å². The number of amides is 1. The minimum atomic E-state index is -0.763. The number of hydrogen-bond donors (Lipinski definition) is 2. The van der Waals surface area contributed by atoms with Crippen molar-refractivity contribution in [3.05, 3.63) is 68.9 Å². The Balaban J connectivity index is 2.03. The first kappa shape index (κ1) is 23.9. The van der Waals surface area contributed by atoms with E-state index in [-0.39, 0.29) is 36.2 Å². The van der Waals surface area contributed by atoms with E-state index in [2.05, 4.69) is 10.1 Å². The van der Waals surface area contributed by atoms with Crippen LogP contribution in [-0.2, 0) is 11.3 Å². The van der Waals surface area contributed by atoms with Gasteiger partial charge >= 0.3 is 5.69 Å². The highest BCUT2D eigenvalue weighted by Crippen LogP contribution is 2.21. The first-order chi connectivity index (χ1) is 15.7. The van der Waals surface area contributed by atoms with Gasteiger partial charge in [0.15, 0.2) is 11.4 Å². The number of anilines is 2. The molecule has 2 heterocycles. The van der Waals surface area contributed by atoms with E-state index in [1.807, 2.05) is 13.8 Å². The third-order valence-corrected chi connectivity index (χ3v) is 4.91. The molecule has 0 aliphatic carbocycles. The molecule has 33 heavy (non-hydrogen) atoms. The van der Waals surface area contributed by atoms with Crippen LogP contribution in [0.2, 0.25) is 0 Å². The number of nitrogens with two attached hydrogens (primary N) is 1. The molecule has 2 aromatic heterocycles. The Hall–Kier alpha value is -3.73. The number of carbonyl (C=O) groups excluding carboxylic acids is 1. The number of aromatic amines is 1. The molecule has 0 spiro atoms. The minimum Gasteiger partial charge on any atom is -0.385 e. The normalized spacial score (nSPS) is 11.2. The van der Waals surface area contributed by atoms with Gasteiger partial charge in [0.05, 0.1) is 5.69 Å². The third kappa shape index (κ3) is 5.37. The maximum Gasteiger partial charge on any atom is 0.330 e. The van der Waals surface area contributed by atoms with E-state index in [9.17, 15) is 18.8 Å². The maximum absolute atomic E-state index is 13.4. The Morgan fingerprint density at radius 2 is 1.94 bits per heavy atom. The van der Waals surface area contributed by atoms with E-state index in [0.29, 0.717) is 18.7 Å². The van der Waals surface area contributed by atoms with E-state index < -0.39 is 23.0 Å². The van der Waals surface area contributed by atoms with Gasteiger partial charge in [0.25, 0.3) is 11.5 Å². The van der Waals surface area contributed by atoms with Crippen molar-refractivity contribution >= 4 is 17.4 Å². The van der Waals surface area contributed by atoms with Crippen LogP contribution in [0.25, 0.3) is 5.69 Å². The molecule has 3 N–H and O–H groups in total. The standard InChI is InChI=1S/C22H27FN6O4/c1-14(2)13-28-19(24)18(20(30)25-22(28)32)27(10-4-12-33-3)21(31)17-9-11-29(26-17)16-7-5-15(23)6-8-16/h5-9,11,14H,4,10,12-13,24H2,1-3H3,(H,25,30,32). The van der Waals surface area contributed by atoms with Crippen molar-refractivity contribution in [2.45, 2.75) is 26.8 Å². The van der Waals surface area contributed by atoms with Gasteiger partial charge in [0.2, 0.25) is 0 Å². The molecule has 0 aliphatic rings. The van der Waals surface area contributed by atoms with E-state index in [4.69, 9.17) is 10.5 Å². The van der Waals surface area contributed by atoms with Crippen LogP contribution in [0.1, 0.15) is 30.8 Å². The van der Waals surface area contributed by atoms with Gasteiger partial charge in [-0.25, -0.2) is 13.9 Å². The number of nitrogen functional groups attached to an aromatic ring is 1. The molecule has 10 nitrogen and oxygen atoms in total. The van der Waals surface area contributed by atoms with E-state index in [1.165, 1.54) is 51.6 Å². The van der Waals surface area contributed by atoms with Crippen molar-refractivity contribution in [2.24, 2.45) is 5.92 Å². The van der Waals surface area contributed by atoms with Crippen molar-refractivity contribution in [3.63, 3.8) is 0 Å². The molecular weight excluding hydrogens is 431 g/mol. The highest BCUT2D eigenvalue weighted by atomic mass is 19.1. The smallest absolute Gasteiger partial charge is 0.330 e. The molecule has 0 unspecified atom stereocenters. The predicted octanol–water partition coefficient (Wildman–Crippen LogP) is 1.78. The summed E-state index contributed by atoms with van der Waals surface area (Å²) in [4.78, 5) is 41.9. The zero-order chi connectivity index (χ0) is 24.1. The summed E-state index contributed by atoms with van der Waals surface area (Å²) in [5, 5.41) is 4.28. The highest BCUT2D eigenvalue weighted by molar-refractivity contribution is 6.06. The van der Waals surface area contributed by atoms with Gasteiger partial charge in [-0.1, -0.05) is 13.8 Å². The van der Waals surface area contributed by atoms with Gasteiger partial charge in [-0.15, -0.1) is 0 Å². The molecule has 3 aromatic rings. The van der Waals surface area contributed by atoms with Crippen LogP contribution < -0.4 is 21.9 Å². The quantitative estimate of drug-likeness (QED) is 0.471. The summed E-state index contributed by atoms with van der Waals surface area (Å²) in [6.07, 6.45) is 1.98. The van der Waals surface area contributed by atoms with Crippen LogP contribution in [0.4, 0.5) is 15.9 Å². The van der Waals surface area contributed by atoms with Crippen LogP contribution in [0, 0.1) is 11.7 Å². The van der Waals surface area contributed by atoms with Gasteiger partial charge in [0.1, 0.15) is 11.6 Å². The van der Waals surface area contributed by atoms with Crippen LogP contribution in [-0.4, -0.2) is 45.5 Å². The molecule has 1 aromatic carbocycles. The van der Waals surface area contributed by atoms with Gasteiger partial charge in [-0.3, -0.25) is 24.0 Å². The number of rotatable bonds is 9. The Morgan fingerprint density at radius 3 is 2.58 bits per heavy atom. The Bertz CT molecular complexity index is 1230. The van der Waals surface area contributed by atoms with Crippen LogP contribution >= 0.6 is 0 Å². The number of halogens is 1. The van der Waals surface area contributed by atoms with E-state index in [1.54, 1.807) is 6.20 Å². The third-order valence-electron chi connectivity index (χ3n) is 4.91. The highest BCUT2D eigenvalue weighted by Gasteiger charge is 2.26. The second kappa shape index (κ2) is 10.3. The fourth-order valence-corrected chi connectivity index (χ4v) is 3.38. The van der Waals surface area contributed by atoms with Crippen molar-refractivity contribution in [1.29, 1.82) is 0 Å². The fourth-order valence-electron chi connectivity index (χ4n) is 3.38. The molecule has 0 atom stereocenters. The van der Waals surface area contributed by atoms with Gasteiger partial charge in [-0.2, -0.15) is 5.10 Å². The summed E-state index contributed by atoms with van der Waals surface area (Å²) in [6, 6.07) is 7.11. The Morgan fingerprint density at radius 1 is 1.24 bits per heavy atom. The summed E-state index contributed by atoms with van der Waals surface area (Å²) in [5.41, 5.74) is 5.31. The van der Waals surface area contributed by atoms with Crippen molar-refractivity contribution in [3.8, 4) is 5.69 Å². The number of benzene rings is 1. The second-order valence-corrected chi connectivity index (χ2v) is 7.92. The van der Waals surface area contributed by atoms with E-state index >= 15 is 0 Å². The first-order valence-electron chi connectivity index (χ1n) is 10.5. The molecule has 0 fully saturated rings. The van der Waals surface area contributed by atoms with Gasteiger partial charge < -0.3 is 10.5 Å². The second-order valence-electron chi connectivity index (χ2n) is 7.92. The van der Waals surface area contributed by atoms with Crippen LogP contribution in [0.3, 0.4) is 0 Å². The summed E-state index contributed by atoms with van der Waals surface area (Å²) in [5.74, 6) is -0.981. The zero-order valence-corrected chi connectivity index (χ0v) is 18.7. The number of nitrogens with one attached hydrogen (secondary N) is 1. The molecule has 0 aliphatic heterocycles. The Labute approximate surface area is 189 Å². The SMILES string of the molecule is COCCCN(C(=O)c1ccn(-c2ccc(F)cc2)n1)c1c(N)n(CC(C)C)c(=O)[nH]c1=O. The summed E-state index contributed by atoms with van der Waals surface area (Å²) in [7, 11) is 1.53. The maximum atomic E-state index is 13.4. The lowest BCUT2D eigenvalue weighted by atomic mass is 10.2. The van der Waals surface area contributed by atoms with E-state index in [0.717, 1.165) is 0 Å². The lowest BCUT2D eigenvalue weighted by Gasteiger charge is -2.24. The Kier molecular flexibility index (Phi) is 7.44. The number of methoxy groups -OCH3 is 1. The molecule has 176 valence electrons. The summed E-state index contributed by atoms with van der Waals surface area (Å²) in [6.45, 7) is 4.54. The van der Waals surface area contributed by atoms with Crippen molar-refractivity contribution in [1.82, 2.24) is 19.3 Å². The number of aromatic nitrogens is 4. The number of ether oxygens (including phenoxy) is 1. The number of carbonyl (C=O) groups is 1. The largest absolute Gasteiger partial charge is 0.385 e. The van der Waals surface area contributed by atoms with Crippen molar-refractivity contribution < 1.29 is 13.9 Å². The molecule has 11 heteroatoms. The number of nitrogens with zero attached hydrogens (tertiary/aromatic N) is 4. The molecule has 0 saturated carbocycles. The molecule has 3 rings (SSSR count). The van der Waals surface area contributed by atoms with Gasteiger partial charge in [-0.05, 0) is 42.7 Å². The van der Waals surface area contributed by atoms with Crippen molar-refractivity contribution in [2.75, 3.05) is 30.9 Å². The molecule has 0 bridgehead atoms. The monoisotopic (exact) mass is 458 g/mol. The number of hydrogen-bond acceptors (Lipinski definition) is 6. The molecule has 0 radical (unpaired) electrons. The molecule has 1 amide bonds. The first-order valence-corrected chi connectivity index (χ1v) is 10.5. The predicted molar refractivity (Wildman–Crippen MR) is 122 cm³/mol. The average molecular weight is 458 g/mol.